The molecular formula is C21H46N+. The molecule has 0 aromatic rings. The fourth-order valence-electron chi connectivity index (χ4n) is 3.42. The zero-order valence-corrected chi connectivity index (χ0v) is 16.6. The van der Waals surface area contributed by atoms with Crippen LogP contribution in [0.3, 0.4) is 0 Å². The monoisotopic (exact) mass is 312 g/mol. The van der Waals surface area contributed by atoms with Crippen molar-refractivity contribution in [1.29, 1.82) is 0 Å². The predicted octanol–water partition coefficient (Wildman–Crippen LogP) is 6.95. The molecular weight excluding hydrogens is 266 g/mol. The van der Waals surface area contributed by atoms with Crippen molar-refractivity contribution in [2.24, 2.45) is 0 Å². The maximum Gasteiger partial charge on any atom is 0.0884 e. The first-order valence-electron chi connectivity index (χ1n) is 10.3. The van der Waals surface area contributed by atoms with Crippen molar-refractivity contribution in [1.82, 2.24) is 0 Å². The first-order valence-corrected chi connectivity index (χ1v) is 10.3. The van der Waals surface area contributed by atoms with Crippen molar-refractivity contribution in [3.8, 4) is 0 Å². The van der Waals surface area contributed by atoms with Crippen LogP contribution in [0.25, 0.3) is 0 Å². The van der Waals surface area contributed by atoms with E-state index in [1.807, 2.05) is 0 Å². The summed E-state index contributed by atoms with van der Waals surface area (Å²) < 4.78 is 1.15. The average molecular weight is 313 g/mol. The summed E-state index contributed by atoms with van der Waals surface area (Å²) >= 11 is 0. The van der Waals surface area contributed by atoms with Crippen LogP contribution < -0.4 is 0 Å². The van der Waals surface area contributed by atoms with Crippen molar-refractivity contribution < 1.29 is 4.48 Å². The highest BCUT2D eigenvalue weighted by Gasteiger charge is 2.22. The van der Waals surface area contributed by atoms with E-state index in [0.717, 1.165) is 10.5 Å². The van der Waals surface area contributed by atoms with E-state index in [2.05, 4.69) is 35.0 Å². The van der Waals surface area contributed by atoms with Crippen LogP contribution in [0.5, 0.6) is 0 Å². The number of hydrogen-bond acceptors (Lipinski definition) is 0. The maximum atomic E-state index is 2.38. The van der Waals surface area contributed by atoms with E-state index >= 15 is 0 Å². The molecule has 1 nitrogen and oxygen atoms in total. The molecule has 0 amide bonds. The van der Waals surface area contributed by atoms with E-state index < -0.39 is 0 Å². The van der Waals surface area contributed by atoms with E-state index in [4.69, 9.17) is 0 Å². The standard InChI is InChI=1S/C21H46N/c1-6-8-10-11-12-13-14-15-16-18-20-21(22(3,4)5)19-17-9-7-2/h21H,6-20H2,1-5H3/q+1. The van der Waals surface area contributed by atoms with Gasteiger partial charge in [-0.2, -0.15) is 0 Å². The second-order valence-electron chi connectivity index (χ2n) is 8.24. The van der Waals surface area contributed by atoms with E-state index in [1.165, 1.54) is 96.3 Å². The largest absolute Gasteiger partial charge is 0.328 e. The van der Waals surface area contributed by atoms with Crippen LogP contribution in [-0.2, 0) is 0 Å². The lowest BCUT2D eigenvalue weighted by Gasteiger charge is -2.34. The molecule has 0 N–H and O–H groups in total. The van der Waals surface area contributed by atoms with Gasteiger partial charge in [0.1, 0.15) is 0 Å². The minimum absolute atomic E-state index is 0.876. The molecule has 1 unspecified atom stereocenters. The summed E-state index contributed by atoms with van der Waals surface area (Å²) in [6, 6.07) is 0.876. The smallest absolute Gasteiger partial charge is 0.0884 e. The van der Waals surface area contributed by atoms with Crippen LogP contribution >= 0.6 is 0 Å². The molecule has 0 aromatic heterocycles. The summed E-state index contributed by atoms with van der Waals surface area (Å²) in [5.74, 6) is 0. The summed E-state index contributed by atoms with van der Waals surface area (Å²) in [6.45, 7) is 4.61. The maximum absolute atomic E-state index is 2.38. The van der Waals surface area contributed by atoms with Crippen LogP contribution in [0.4, 0.5) is 0 Å². The van der Waals surface area contributed by atoms with Crippen LogP contribution in [0.1, 0.15) is 110 Å². The van der Waals surface area contributed by atoms with Gasteiger partial charge in [-0.3, -0.25) is 0 Å². The number of nitrogens with zero attached hydrogens (tertiary/aromatic N) is 1. The Morgan fingerprint density at radius 2 is 0.818 bits per heavy atom. The van der Waals surface area contributed by atoms with Gasteiger partial charge in [0, 0.05) is 0 Å². The van der Waals surface area contributed by atoms with Crippen LogP contribution in [0, 0.1) is 0 Å². The van der Waals surface area contributed by atoms with Gasteiger partial charge in [0.2, 0.25) is 0 Å². The molecule has 0 saturated heterocycles. The summed E-state index contributed by atoms with van der Waals surface area (Å²) in [5, 5.41) is 0. The van der Waals surface area contributed by atoms with E-state index in [0.29, 0.717) is 0 Å². The first-order chi connectivity index (χ1) is 10.5. The van der Waals surface area contributed by atoms with Crippen molar-refractivity contribution >= 4 is 0 Å². The molecule has 0 aliphatic rings. The quantitative estimate of drug-likeness (QED) is 0.213. The topological polar surface area (TPSA) is 0 Å². The third kappa shape index (κ3) is 13.6. The molecule has 1 heteroatoms. The number of unbranched alkanes of at least 4 members (excludes halogenated alkanes) is 11. The van der Waals surface area contributed by atoms with E-state index in [-0.39, 0.29) is 0 Å². The van der Waals surface area contributed by atoms with Crippen molar-refractivity contribution in [2.75, 3.05) is 21.1 Å². The van der Waals surface area contributed by atoms with Gasteiger partial charge in [-0.05, 0) is 25.7 Å². The highest BCUT2D eigenvalue weighted by molar-refractivity contribution is 4.60. The van der Waals surface area contributed by atoms with Gasteiger partial charge in [-0.15, -0.1) is 0 Å². The Labute approximate surface area is 142 Å². The van der Waals surface area contributed by atoms with Crippen LogP contribution in [0.15, 0.2) is 0 Å². The lowest BCUT2D eigenvalue weighted by molar-refractivity contribution is -0.896. The highest BCUT2D eigenvalue weighted by atomic mass is 15.3. The molecule has 0 spiro atoms. The zero-order chi connectivity index (χ0) is 16.7. The third-order valence-electron chi connectivity index (χ3n) is 5.13. The molecule has 0 aliphatic heterocycles. The van der Waals surface area contributed by atoms with Crippen molar-refractivity contribution in [2.45, 2.75) is 116 Å². The Bertz CT molecular complexity index is 216. The van der Waals surface area contributed by atoms with Crippen molar-refractivity contribution in [3.63, 3.8) is 0 Å². The van der Waals surface area contributed by atoms with E-state index in [9.17, 15) is 0 Å². The molecule has 0 aromatic carbocycles. The van der Waals surface area contributed by atoms with Gasteiger partial charge in [0.25, 0.3) is 0 Å². The van der Waals surface area contributed by atoms with E-state index in [1.54, 1.807) is 0 Å². The Hall–Kier alpha value is -0.0400. The fraction of sp³-hybridized carbons (Fsp3) is 1.00. The fourth-order valence-corrected chi connectivity index (χ4v) is 3.42. The molecule has 1 atom stereocenters. The molecule has 0 radical (unpaired) electrons. The van der Waals surface area contributed by atoms with Crippen molar-refractivity contribution in [3.05, 3.63) is 0 Å². The molecule has 0 heterocycles. The molecule has 0 saturated carbocycles. The van der Waals surface area contributed by atoms with Gasteiger partial charge in [-0.1, -0.05) is 84.5 Å². The van der Waals surface area contributed by atoms with Gasteiger partial charge in [-0.25, -0.2) is 0 Å². The molecule has 0 fully saturated rings. The lowest BCUT2D eigenvalue weighted by atomic mass is 9.98. The van der Waals surface area contributed by atoms with Gasteiger partial charge in [0.05, 0.1) is 27.2 Å². The summed E-state index contributed by atoms with van der Waals surface area (Å²) in [7, 11) is 7.15. The van der Waals surface area contributed by atoms with Crippen LogP contribution in [-0.4, -0.2) is 31.7 Å². The minimum atomic E-state index is 0.876. The zero-order valence-electron chi connectivity index (χ0n) is 16.6. The van der Waals surface area contributed by atoms with Gasteiger partial charge < -0.3 is 4.48 Å². The Kier molecular flexibility index (Phi) is 14.5. The second-order valence-corrected chi connectivity index (χ2v) is 8.24. The predicted molar refractivity (Wildman–Crippen MR) is 102 cm³/mol. The van der Waals surface area contributed by atoms with Gasteiger partial charge >= 0.3 is 0 Å². The molecule has 134 valence electrons. The summed E-state index contributed by atoms with van der Waals surface area (Å²) in [4.78, 5) is 0. The summed E-state index contributed by atoms with van der Waals surface area (Å²) in [6.07, 6.45) is 21.6. The minimum Gasteiger partial charge on any atom is -0.328 e. The normalized spacial score (nSPS) is 13.5. The molecule has 0 aliphatic carbocycles. The third-order valence-corrected chi connectivity index (χ3v) is 5.13. The highest BCUT2D eigenvalue weighted by Crippen LogP contribution is 2.20. The second kappa shape index (κ2) is 14.5. The SMILES string of the molecule is CCCCCCCCCCCCC(CCCCC)[N+](C)(C)C. The van der Waals surface area contributed by atoms with Gasteiger partial charge in [0.15, 0.2) is 0 Å². The lowest BCUT2D eigenvalue weighted by Crippen LogP contribution is -2.45. The summed E-state index contributed by atoms with van der Waals surface area (Å²) in [5.41, 5.74) is 0. The Morgan fingerprint density at radius 3 is 1.23 bits per heavy atom. The Balaban J connectivity index is 3.55. The molecule has 0 bridgehead atoms. The van der Waals surface area contributed by atoms with Crippen LogP contribution in [0.2, 0.25) is 0 Å². The number of rotatable bonds is 16. The number of hydrogen-bond donors (Lipinski definition) is 0. The Morgan fingerprint density at radius 1 is 0.500 bits per heavy atom. The number of quaternary nitrogens is 1. The molecule has 0 rings (SSSR count). The first kappa shape index (κ1) is 22.0. The molecule has 22 heavy (non-hydrogen) atoms. The average Bonchev–Trinajstić information content (AvgIpc) is 2.46.